The second-order valence-corrected chi connectivity index (χ2v) is 5.19. The van der Waals surface area contributed by atoms with Gasteiger partial charge in [0.05, 0.1) is 0 Å². The van der Waals surface area contributed by atoms with Crippen molar-refractivity contribution in [2.24, 2.45) is 11.3 Å². The smallest absolute Gasteiger partial charge is 0.217 e. The van der Waals surface area contributed by atoms with Crippen LogP contribution in [0.25, 0.3) is 0 Å². The van der Waals surface area contributed by atoms with Gasteiger partial charge in [0.15, 0.2) is 0 Å². The van der Waals surface area contributed by atoms with Gasteiger partial charge in [-0.15, -0.1) is 0 Å². The second kappa shape index (κ2) is 3.69. The molecule has 2 heteroatoms. The zero-order chi connectivity index (χ0) is 10.1. The standard InChI is InChI=1S/C11H21NO/c1-8-5-6-11(3,4)7-10(8)12-9(2)13/h8,10H,5-7H2,1-4H3,(H,12,13). The largest absolute Gasteiger partial charge is 0.353 e. The van der Waals surface area contributed by atoms with Crippen molar-refractivity contribution in [1.82, 2.24) is 5.32 Å². The first-order chi connectivity index (χ1) is 5.91. The summed E-state index contributed by atoms with van der Waals surface area (Å²) in [6.07, 6.45) is 3.63. The lowest BCUT2D eigenvalue weighted by Crippen LogP contribution is -2.44. The molecule has 1 aliphatic carbocycles. The molecule has 0 saturated heterocycles. The predicted molar refractivity (Wildman–Crippen MR) is 54.4 cm³/mol. The quantitative estimate of drug-likeness (QED) is 0.664. The van der Waals surface area contributed by atoms with Crippen LogP contribution in [0, 0.1) is 11.3 Å². The molecule has 0 aromatic carbocycles. The molecule has 1 saturated carbocycles. The monoisotopic (exact) mass is 183 g/mol. The van der Waals surface area contributed by atoms with E-state index in [1.807, 2.05) is 0 Å². The van der Waals surface area contributed by atoms with E-state index in [1.54, 1.807) is 6.92 Å². The van der Waals surface area contributed by atoms with Gasteiger partial charge in [0.1, 0.15) is 0 Å². The maximum atomic E-state index is 11.0. The molecule has 0 spiro atoms. The number of hydrogen-bond acceptors (Lipinski definition) is 1. The molecule has 1 rings (SSSR count). The molecule has 0 heterocycles. The molecule has 0 radical (unpaired) electrons. The molecule has 13 heavy (non-hydrogen) atoms. The summed E-state index contributed by atoms with van der Waals surface area (Å²) in [4.78, 5) is 11.0. The first-order valence-corrected chi connectivity index (χ1v) is 5.18. The van der Waals surface area contributed by atoms with E-state index in [4.69, 9.17) is 0 Å². The first kappa shape index (κ1) is 10.6. The molecule has 2 atom stereocenters. The van der Waals surface area contributed by atoms with Crippen LogP contribution in [0.4, 0.5) is 0 Å². The van der Waals surface area contributed by atoms with E-state index >= 15 is 0 Å². The van der Waals surface area contributed by atoms with E-state index in [1.165, 1.54) is 12.8 Å². The predicted octanol–water partition coefficient (Wildman–Crippen LogP) is 2.34. The number of carbonyl (C=O) groups is 1. The minimum absolute atomic E-state index is 0.106. The molecule has 2 unspecified atom stereocenters. The Bertz CT molecular complexity index is 198. The summed E-state index contributed by atoms with van der Waals surface area (Å²) in [7, 11) is 0. The fourth-order valence-electron chi connectivity index (χ4n) is 2.17. The molecule has 0 aliphatic heterocycles. The minimum atomic E-state index is 0.106. The third-order valence-corrected chi connectivity index (χ3v) is 3.12. The van der Waals surface area contributed by atoms with Gasteiger partial charge in [-0.3, -0.25) is 4.79 Å². The molecule has 1 fully saturated rings. The number of carbonyl (C=O) groups excluding carboxylic acids is 1. The SMILES string of the molecule is CC(=O)NC1CC(C)(C)CCC1C. The molecule has 0 bridgehead atoms. The highest BCUT2D eigenvalue weighted by atomic mass is 16.1. The summed E-state index contributed by atoms with van der Waals surface area (Å²) in [5.41, 5.74) is 0.402. The molecule has 2 nitrogen and oxygen atoms in total. The highest BCUT2D eigenvalue weighted by Gasteiger charge is 2.32. The van der Waals surface area contributed by atoms with E-state index in [9.17, 15) is 4.79 Å². The average Bonchev–Trinajstić information content (AvgIpc) is 1.95. The average molecular weight is 183 g/mol. The van der Waals surface area contributed by atoms with Crippen LogP contribution in [0.3, 0.4) is 0 Å². The van der Waals surface area contributed by atoms with Crippen LogP contribution in [-0.2, 0) is 4.79 Å². The lowest BCUT2D eigenvalue weighted by atomic mass is 9.71. The lowest BCUT2D eigenvalue weighted by Gasteiger charge is -2.39. The lowest BCUT2D eigenvalue weighted by molar-refractivity contribution is -0.120. The van der Waals surface area contributed by atoms with E-state index in [2.05, 4.69) is 26.1 Å². The van der Waals surface area contributed by atoms with Gasteiger partial charge in [-0.2, -0.15) is 0 Å². The van der Waals surface area contributed by atoms with Crippen LogP contribution in [0.2, 0.25) is 0 Å². The third-order valence-electron chi connectivity index (χ3n) is 3.12. The van der Waals surface area contributed by atoms with Gasteiger partial charge in [-0.1, -0.05) is 20.8 Å². The Morgan fingerprint density at radius 1 is 1.46 bits per heavy atom. The van der Waals surface area contributed by atoms with Crippen LogP contribution >= 0.6 is 0 Å². The Kier molecular flexibility index (Phi) is 2.99. The first-order valence-electron chi connectivity index (χ1n) is 5.18. The van der Waals surface area contributed by atoms with Crippen molar-refractivity contribution in [3.63, 3.8) is 0 Å². The van der Waals surface area contributed by atoms with Crippen molar-refractivity contribution in [2.75, 3.05) is 0 Å². The molecular weight excluding hydrogens is 162 g/mol. The van der Waals surface area contributed by atoms with Crippen LogP contribution < -0.4 is 5.32 Å². The highest BCUT2D eigenvalue weighted by molar-refractivity contribution is 5.73. The molecule has 0 aromatic heterocycles. The summed E-state index contributed by atoms with van der Waals surface area (Å²) in [5.74, 6) is 0.742. The van der Waals surface area contributed by atoms with Crippen LogP contribution in [-0.4, -0.2) is 11.9 Å². The normalized spacial score (nSPS) is 32.6. The topological polar surface area (TPSA) is 29.1 Å². The Balaban J connectivity index is 2.55. The highest BCUT2D eigenvalue weighted by Crippen LogP contribution is 2.37. The molecular formula is C11H21NO. The molecule has 1 aliphatic rings. The van der Waals surface area contributed by atoms with Crippen LogP contribution in [0.1, 0.15) is 47.0 Å². The maximum absolute atomic E-state index is 11.0. The number of amides is 1. The Hall–Kier alpha value is -0.530. The zero-order valence-electron chi connectivity index (χ0n) is 9.18. The number of rotatable bonds is 1. The Morgan fingerprint density at radius 2 is 2.08 bits per heavy atom. The molecule has 1 N–H and O–H groups in total. The summed E-state index contributed by atoms with van der Waals surface area (Å²) < 4.78 is 0. The van der Waals surface area contributed by atoms with Gasteiger partial charge in [0.25, 0.3) is 0 Å². The van der Waals surface area contributed by atoms with E-state index in [-0.39, 0.29) is 5.91 Å². The zero-order valence-corrected chi connectivity index (χ0v) is 9.18. The van der Waals surface area contributed by atoms with Crippen molar-refractivity contribution < 1.29 is 4.79 Å². The summed E-state index contributed by atoms with van der Waals surface area (Å²) in [6.45, 7) is 8.41. The van der Waals surface area contributed by atoms with Gasteiger partial charge in [-0.05, 0) is 30.6 Å². The summed E-state index contributed by atoms with van der Waals surface area (Å²) in [6, 6.07) is 0.390. The number of nitrogens with one attached hydrogen (secondary N) is 1. The van der Waals surface area contributed by atoms with Crippen molar-refractivity contribution in [3.05, 3.63) is 0 Å². The third kappa shape index (κ3) is 3.02. The van der Waals surface area contributed by atoms with Crippen molar-refractivity contribution >= 4 is 5.91 Å². The summed E-state index contributed by atoms with van der Waals surface area (Å²) in [5, 5.41) is 3.05. The Labute approximate surface area is 81.1 Å². The van der Waals surface area contributed by atoms with Crippen LogP contribution in [0.5, 0.6) is 0 Å². The molecule has 0 aromatic rings. The van der Waals surface area contributed by atoms with E-state index in [0.717, 1.165) is 6.42 Å². The van der Waals surface area contributed by atoms with Gasteiger partial charge < -0.3 is 5.32 Å². The number of hydrogen-bond donors (Lipinski definition) is 1. The second-order valence-electron chi connectivity index (χ2n) is 5.19. The fourth-order valence-corrected chi connectivity index (χ4v) is 2.17. The van der Waals surface area contributed by atoms with Crippen LogP contribution in [0.15, 0.2) is 0 Å². The van der Waals surface area contributed by atoms with Crippen molar-refractivity contribution in [3.8, 4) is 0 Å². The molecule has 1 amide bonds. The van der Waals surface area contributed by atoms with Crippen molar-refractivity contribution in [2.45, 2.75) is 53.0 Å². The van der Waals surface area contributed by atoms with Gasteiger partial charge >= 0.3 is 0 Å². The van der Waals surface area contributed by atoms with Gasteiger partial charge in [0.2, 0.25) is 5.91 Å². The van der Waals surface area contributed by atoms with Crippen molar-refractivity contribution in [1.29, 1.82) is 0 Å². The van der Waals surface area contributed by atoms with Gasteiger partial charge in [-0.25, -0.2) is 0 Å². The fraction of sp³-hybridized carbons (Fsp3) is 0.909. The van der Waals surface area contributed by atoms with Gasteiger partial charge in [0, 0.05) is 13.0 Å². The van der Waals surface area contributed by atoms with E-state index < -0.39 is 0 Å². The molecule has 76 valence electrons. The minimum Gasteiger partial charge on any atom is -0.353 e. The summed E-state index contributed by atoms with van der Waals surface area (Å²) >= 11 is 0. The maximum Gasteiger partial charge on any atom is 0.217 e. The Morgan fingerprint density at radius 3 is 2.62 bits per heavy atom. The van der Waals surface area contributed by atoms with E-state index in [0.29, 0.717) is 17.4 Å².